The first-order chi connectivity index (χ1) is 9.08. The molecular weight excluding hydrogens is 309 g/mol. The summed E-state index contributed by atoms with van der Waals surface area (Å²) in [5.74, 6) is 0.576. The first-order valence-electron chi connectivity index (χ1n) is 5.92. The van der Waals surface area contributed by atoms with Crippen LogP contribution in [-0.4, -0.2) is 7.11 Å². The molecule has 0 aliphatic carbocycles. The highest BCUT2D eigenvalue weighted by Gasteiger charge is 2.04. The number of benzene rings is 2. The summed E-state index contributed by atoms with van der Waals surface area (Å²) < 4.78 is 19.6. The summed E-state index contributed by atoms with van der Waals surface area (Å²) >= 11 is 3.43. The van der Waals surface area contributed by atoms with Crippen LogP contribution in [-0.2, 0) is 6.54 Å². The minimum absolute atomic E-state index is 0.233. The van der Waals surface area contributed by atoms with Gasteiger partial charge in [0, 0.05) is 22.3 Å². The SMILES string of the molecule is COc1ccc(Br)cc1CNc1cc(C)cc(F)c1. The van der Waals surface area contributed by atoms with Crippen molar-refractivity contribution in [1.82, 2.24) is 0 Å². The van der Waals surface area contributed by atoms with Crippen molar-refractivity contribution in [1.29, 1.82) is 0 Å². The number of rotatable bonds is 4. The van der Waals surface area contributed by atoms with Crippen LogP contribution in [0.25, 0.3) is 0 Å². The zero-order chi connectivity index (χ0) is 13.8. The Bertz CT molecular complexity index is 566. The van der Waals surface area contributed by atoms with Gasteiger partial charge in [0.25, 0.3) is 0 Å². The van der Waals surface area contributed by atoms with Crippen molar-refractivity contribution in [2.75, 3.05) is 12.4 Å². The van der Waals surface area contributed by atoms with E-state index in [2.05, 4.69) is 21.2 Å². The molecule has 2 nitrogen and oxygen atoms in total. The van der Waals surface area contributed by atoms with Gasteiger partial charge in [-0.1, -0.05) is 15.9 Å². The third-order valence-electron chi connectivity index (χ3n) is 2.77. The second kappa shape index (κ2) is 6.06. The molecule has 4 heteroatoms. The molecule has 0 spiro atoms. The summed E-state index contributed by atoms with van der Waals surface area (Å²) in [5.41, 5.74) is 2.67. The summed E-state index contributed by atoms with van der Waals surface area (Å²) in [6.45, 7) is 2.44. The highest BCUT2D eigenvalue weighted by molar-refractivity contribution is 9.10. The third-order valence-corrected chi connectivity index (χ3v) is 3.26. The van der Waals surface area contributed by atoms with Crippen molar-refractivity contribution >= 4 is 21.6 Å². The average Bonchev–Trinajstić information content (AvgIpc) is 2.35. The van der Waals surface area contributed by atoms with Gasteiger partial charge in [-0.3, -0.25) is 0 Å². The molecular formula is C15H15BrFNO. The van der Waals surface area contributed by atoms with Gasteiger partial charge in [-0.15, -0.1) is 0 Å². The largest absolute Gasteiger partial charge is 0.496 e. The molecule has 0 radical (unpaired) electrons. The van der Waals surface area contributed by atoms with Gasteiger partial charge in [-0.25, -0.2) is 4.39 Å². The van der Waals surface area contributed by atoms with Crippen molar-refractivity contribution in [2.24, 2.45) is 0 Å². The minimum Gasteiger partial charge on any atom is -0.496 e. The van der Waals surface area contributed by atoms with E-state index in [0.29, 0.717) is 6.54 Å². The van der Waals surface area contributed by atoms with Crippen LogP contribution in [0, 0.1) is 12.7 Å². The Labute approximate surface area is 120 Å². The fourth-order valence-electron chi connectivity index (χ4n) is 1.92. The standard InChI is InChI=1S/C15H15BrFNO/c1-10-5-13(17)8-14(6-10)18-9-11-7-12(16)3-4-15(11)19-2/h3-8,18H,9H2,1-2H3. The molecule has 0 saturated heterocycles. The van der Waals surface area contributed by atoms with Crippen molar-refractivity contribution in [3.8, 4) is 5.75 Å². The van der Waals surface area contributed by atoms with Crippen LogP contribution in [0.1, 0.15) is 11.1 Å². The van der Waals surface area contributed by atoms with Crippen molar-refractivity contribution < 1.29 is 9.13 Å². The van der Waals surface area contributed by atoms with Gasteiger partial charge < -0.3 is 10.1 Å². The number of hydrogen-bond acceptors (Lipinski definition) is 2. The molecule has 0 heterocycles. The first-order valence-corrected chi connectivity index (χ1v) is 6.71. The number of nitrogens with one attached hydrogen (secondary N) is 1. The molecule has 2 aromatic carbocycles. The van der Waals surface area contributed by atoms with Gasteiger partial charge in [0.15, 0.2) is 0 Å². The lowest BCUT2D eigenvalue weighted by atomic mass is 10.1. The molecule has 100 valence electrons. The number of ether oxygens (including phenoxy) is 1. The lowest BCUT2D eigenvalue weighted by molar-refractivity contribution is 0.410. The second-order valence-corrected chi connectivity index (χ2v) is 5.24. The number of hydrogen-bond donors (Lipinski definition) is 1. The van der Waals surface area contributed by atoms with Crippen LogP contribution < -0.4 is 10.1 Å². The smallest absolute Gasteiger partial charge is 0.125 e. The van der Waals surface area contributed by atoms with E-state index in [4.69, 9.17) is 4.74 Å². The Morgan fingerprint density at radius 2 is 2.00 bits per heavy atom. The van der Waals surface area contributed by atoms with Gasteiger partial charge in [0.05, 0.1) is 7.11 Å². The number of halogens is 2. The van der Waals surface area contributed by atoms with Crippen molar-refractivity contribution in [3.63, 3.8) is 0 Å². The molecule has 19 heavy (non-hydrogen) atoms. The molecule has 0 bridgehead atoms. The van der Waals surface area contributed by atoms with E-state index in [-0.39, 0.29) is 5.82 Å². The molecule has 0 aromatic heterocycles. The van der Waals surface area contributed by atoms with Crippen LogP contribution in [0.2, 0.25) is 0 Å². The molecule has 0 aliphatic rings. The maximum absolute atomic E-state index is 13.3. The maximum Gasteiger partial charge on any atom is 0.125 e. The Hall–Kier alpha value is -1.55. The normalized spacial score (nSPS) is 10.3. The fourth-order valence-corrected chi connectivity index (χ4v) is 2.33. The van der Waals surface area contributed by atoms with E-state index in [0.717, 1.165) is 27.0 Å². The quantitative estimate of drug-likeness (QED) is 0.893. The molecule has 0 atom stereocenters. The Morgan fingerprint density at radius 1 is 1.21 bits per heavy atom. The van der Waals surface area contributed by atoms with Crippen molar-refractivity contribution in [3.05, 3.63) is 57.8 Å². The zero-order valence-corrected chi connectivity index (χ0v) is 12.4. The Morgan fingerprint density at radius 3 is 2.68 bits per heavy atom. The van der Waals surface area contributed by atoms with Crippen LogP contribution in [0.5, 0.6) is 5.75 Å². The number of anilines is 1. The van der Waals surface area contributed by atoms with Crippen LogP contribution >= 0.6 is 15.9 Å². The second-order valence-electron chi connectivity index (χ2n) is 4.33. The van der Waals surface area contributed by atoms with Crippen LogP contribution in [0.3, 0.4) is 0 Å². The number of aryl methyl sites for hydroxylation is 1. The van der Waals surface area contributed by atoms with E-state index >= 15 is 0 Å². The third kappa shape index (κ3) is 3.70. The van der Waals surface area contributed by atoms with Crippen LogP contribution in [0.4, 0.5) is 10.1 Å². The van der Waals surface area contributed by atoms with Gasteiger partial charge in [-0.05, 0) is 48.9 Å². The molecule has 0 amide bonds. The van der Waals surface area contributed by atoms with E-state index < -0.39 is 0 Å². The predicted molar refractivity (Wildman–Crippen MR) is 79.2 cm³/mol. The molecule has 0 aliphatic heterocycles. The van der Waals surface area contributed by atoms with Crippen LogP contribution in [0.15, 0.2) is 40.9 Å². The molecule has 2 rings (SSSR count). The van der Waals surface area contributed by atoms with E-state index in [1.807, 2.05) is 31.2 Å². The molecule has 1 N–H and O–H groups in total. The van der Waals surface area contributed by atoms with Crippen molar-refractivity contribution in [2.45, 2.75) is 13.5 Å². The fraction of sp³-hybridized carbons (Fsp3) is 0.200. The van der Waals surface area contributed by atoms with E-state index in [1.54, 1.807) is 7.11 Å². The molecule has 0 unspecified atom stereocenters. The highest BCUT2D eigenvalue weighted by Crippen LogP contribution is 2.24. The topological polar surface area (TPSA) is 21.3 Å². The lowest BCUT2D eigenvalue weighted by Crippen LogP contribution is -2.02. The highest BCUT2D eigenvalue weighted by atomic mass is 79.9. The Kier molecular flexibility index (Phi) is 4.43. The first kappa shape index (κ1) is 13.9. The Balaban J connectivity index is 2.16. The van der Waals surface area contributed by atoms with Gasteiger partial charge in [0.2, 0.25) is 0 Å². The van der Waals surface area contributed by atoms with E-state index in [1.165, 1.54) is 12.1 Å². The summed E-state index contributed by atoms with van der Waals surface area (Å²) in [6.07, 6.45) is 0. The summed E-state index contributed by atoms with van der Waals surface area (Å²) in [6, 6.07) is 10.7. The predicted octanol–water partition coefficient (Wildman–Crippen LogP) is 4.52. The van der Waals surface area contributed by atoms with Gasteiger partial charge >= 0.3 is 0 Å². The van der Waals surface area contributed by atoms with E-state index in [9.17, 15) is 4.39 Å². The zero-order valence-electron chi connectivity index (χ0n) is 10.8. The minimum atomic E-state index is -0.233. The molecule has 0 fully saturated rings. The lowest BCUT2D eigenvalue weighted by Gasteiger charge is -2.11. The van der Waals surface area contributed by atoms with Gasteiger partial charge in [-0.2, -0.15) is 0 Å². The maximum atomic E-state index is 13.3. The number of methoxy groups -OCH3 is 1. The molecule has 2 aromatic rings. The molecule has 0 saturated carbocycles. The summed E-state index contributed by atoms with van der Waals surface area (Å²) in [7, 11) is 1.64. The van der Waals surface area contributed by atoms with Gasteiger partial charge in [0.1, 0.15) is 11.6 Å². The summed E-state index contributed by atoms with van der Waals surface area (Å²) in [5, 5.41) is 3.20. The average molecular weight is 324 g/mol. The summed E-state index contributed by atoms with van der Waals surface area (Å²) in [4.78, 5) is 0. The monoisotopic (exact) mass is 323 g/mol.